The quantitative estimate of drug-likeness (QED) is 0.234. The Hall–Kier alpha value is -2.80. The normalized spacial score (nSPS) is 10.7. The predicted molar refractivity (Wildman–Crippen MR) is 98.7 cm³/mol. The van der Waals surface area contributed by atoms with Crippen LogP contribution in [-0.4, -0.2) is 29.4 Å². The molecule has 0 atom stereocenters. The Bertz CT molecular complexity index is 829. The average Bonchev–Trinajstić information content (AvgIpc) is 2.64. The monoisotopic (exact) mass is 360 g/mol. The third-order valence-corrected chi connectivity index (χ3v) is 4.00. The van der Waals surface area contributed by atoms with Gasteiger partial charge in [0, 0.05) is 31.5 Å². The summed E-state index contributed by atoms with van der Waals surface area (Å²) in [6.07, 6.45) is 4.42. The number of nitrogens with two attached hydrogens (primary N) is 1. The van der Waals surface area contributed by atoms with Crippen LogP contribution in [0.15, 0.2) is 35.3 Å². The number of aryl methyl sites for hydroxylation is 1. The molecule has 0 saturated heterocycles. The van der Waals surface area contributed by atoms with Crippen LogP contribution in [-0.2, 0) is 11.3 Å². The summed E-state index contributed by atoms with van der Waals surface area (Å²) >= 11 is 0. The average molecular weight is 360 g/mol. The molecule has 2 aromatic rings. The highest BCUT2D eigenvalue weighted by atomic mass is 16.7. The standard InChI is InChI=1S/C19H24N2O5/c1-3-4-5-10-21-11-13(6-9-16(21)22)18(23)14-7-8-15(26-12-25-2)17(20)19(14)24/h6-9,11,24H,3-5,10,12,20H2,1-2H3. The van der Waals surface area contributed by atoms with Crippen LogP contribution in [0.1, 0.15) is 42.1 Å². The molecule has 7 nitrogen and oxygen atoms in total. The number of ketones is 1. The molecule has 0 saturated carbocycles. The fraction of sp³-hybridized carbons (Fsp3) is 0.368. The third kappa shape index (κ3) is 4.43. The van der Waals surface area contributed by atoms with E-state index in [4.69, 9.17) is 15.2 Å². The molecule has 0 aliphatic rings. The number of benzene rings is 1. The maximum atomic E-state index is 12.7. The first-order valence-electron chi connectivity index (χ1n) is 8.48. The van der Waals surface area contributed by atoms with E-state index in [-0.39, 0.29) is 35.1 Å². The summed E-state index contributed by atoms with van der Waals surface area (Å²) in [4.78, 5) is 24.7. The smallest absolute Gasteiger partial charge is 0.250 e. The minimum Gasteiger partial charge on any atom is -0.505 e. The van der Waals surface area contributed by atoms with Crippen molar-refractivity contribution in [2.24, 2.45) is 0 Å². The first-order valence-corrected chi connectivity index (χ1v) is 8.48. The van der Waals surface area contributed by atoms with Gasteiger partial charge in [0.2, 0.25) is 0 Å². The van der Waals surface area contributed by atoms with Gasteiger partial charge in [0.05, 0.1) is 5.56 Å². The van der Waals surface area contributed by atoms with Gasteiger partial charge in [0.15, 0.2) is 18.3 Å². The summed E-state index contributed by atoms with van der Waals surface area (Å²) in [5, 5.41) is 10.3. The summed E-state index contributed by atoms with van der Waals surface area (Å²) in [5.41, 5.74) is 5.99. The van der Waals surface area contributed by atoms with Crippen LogP contribution >= 0.6 is 0 Å². The molecule has 0 aliphatic carbocycles. The fourth-order valence-corrected chi connectivity index (χ4v) is 2.55. The lowest BCUT2D eigenvalue weighted by Crippen LogP contribution is -2.20. The van der Waals surface area contributed by atoms with Gasteiger partial charge in [-0.2, -0.15) is 0 Å². The third-order valence-electron chi connectivity index (χ3n) is 4.00. The molecule has 0 amide bonds. The van der Waals surface area contributed by atoms with E-state index in [0.717, 1.165) is 19.3 Å². The molecule has 1 aromatic carbocycles. The number of nitrogen functional groups attached to an aromatic ring is 1. The summed E-state index contributed by atoms with van der Waals surface area (Å²) in [7, 11) is 1.46. The van der Waals surface area contributed by atoms with Crippen LogP contribution < -0.4 is 16.0 Å². The minimum absolute atomic E-state index is 0.0281. The molecule has 0 spiro atoms. The Morgan fingerprint density at radius 1 is 1.23 bits per heavy atom. The van der Waals surface area contributed by atoms with Gasteiger partial charge in [-0.1, -0.05) is 19.8 Å². The van der Waals surface area contributed by atoms with Crippen molar-refractivity contribution in [1.29, 1.82) is 0 Å². The van der Waals surface area contributed by atoms with Crippen molar-refractivity contribution in [3.8, 4) is 11.5 Å². The number of aromatic nitrogens is 1. The maximum absolute atomic E-state index is 12.7. The van der Waals surface area contributed by atoms with E-state index < -0.39 is 5.78 Å². The van der Waals surface area contributed by atoms with Crippen LogP contribution in [0.25, 0.3) is 0 Å². The number of anilines is 1. The molecule has 0 bridgehead atoms. The Morgan fingerprint density at radius 2 is 2.00 bits per heavy atom. The molecular weight excluding hydrogens is 336 g/mol. The van der Waals surface area contributed by atoms with Gasteiger partial charge in [0.25, 0.3) is 5.56 Å². The first kappa shape index (κ1) is 19.5. The Labute approximate surface area is 152 Å². The van der Waals surface area contributed by atoms with E-state index in [0.29, 0.717) is 12.1 Å². The van der Waals surface area contributed by atoms with Gasteiger partial charge in [0.1, 0.15) is 11.4 Å². The second kappa shape index (κ2) is 9.05. The van der Waals surface area contributed by atoms with E-state index in [2.05, 4.69) is 6.92 Å². The number of unbranched alkanes of at least 4 members (excludes halogenated alkanes) is 2. The Balaban J connectivity index is 2.30. The SMILES string of the molecule is CCCCCn1cc(C(=O)c2ccc(OCOC)c(N)c2O)ccc1=O. The molecule has 1 heterocycles. The largest absolute Gasteiger partial charge is 0.505 e. The molecule has 26 heavy (non-hydrogen) atoms. The fourth-order valence-electron chi connectivity index (χ4n) is 2.55. The van der Waals surface area contributed by atoms with Crippen molar-refractivity contribution >= 4 is 11.5 Å². The number of nitrogens with zero attached hydrogens (tertiary/aromatic N) is 1. The Kier molecular flexibility index (Phi) is 6.80. The molecule has 140 valence electrons. The van der Waals surface area contributed by atoms with Crippen molar-refractivity contribution in [1.82, 2.24) is 4.57 Å². The van der Waals surface area contributed by atoms with Crippen molar-refractivity contribution < 1.29 is 19.4 Å². The summed E-state index contributed by atoms with van der Waals surface area (Å²) < 4.78 is 11.5. The molecule has 7 heteroatoms. The number of carbonyl (C=O) groups is 1. The number of pyridine rings is 1. The lowest BCUT2D eigenvalue weighted by molar-refractivity contribution is 0.0515. The van der Waals surface area contributed by atoms with Crippen molar-refractivity contribution in [2.75, 3.05) is 19.6 Å². The van der Waals surface area contributed by atoms with E-state index in [9.17, 15) is 14.7 Å². The summed E-state index contributed by atoms with van der Waals surface area (Å²) in [5.74, 6) is -0.547. The number of phenols is 1. The van der Waals surface area contributed by atoms with Gasteiger partial charge in [-0.3, -0.25) is 9.59 Å². The van der Waals surface area contributed by atoms with Crippen LogP contribution in [0.3, 0.4) is 0 Å². The van der Waals surface area contributed by atoms with Crippen molar-refractivity contribution in [3.05, 3.63) is 51.9 Å². The zero-order valence-corrected chi connectivity index (χ0v) is 15.0. The number of phenolic OH excluding ortho intramolecular Hbond substituents is 1. The summed E-state index contributed by atoms with van der Waals surface area (Å²) in [6, 6.07) is 5.74. The van der Waals surface area contributed by atoms with Gasteiger partial charge in [-0.05, 0) is 24.6 Å². The molecule has 3 N–H and O–H groups in total. The number of ether oxygens (including phenoxy) is 2. The van der Waals surface area contributed by atoms with Gasteiger partial charge < -0.3 is 24.9 Å². The number of aromatic hydroxyl groups is 1. The second-order valence-electron chi connectivity index (χ2n) is 5.91. The minimum atomic E-state index is -0.420. The highest BCUT2D eigenvalue weighted by Crippen LogP contribution is 2.35. The van der Waals surface area contributed by atoms with Gasteiger partial charge >= 0.3 is 0 Å². The number of carbonyl (C=O) groups excluding carboxylic acids is 1. The number of methoxy groups -OCH3 is 1. The second-order valence-corrected chi connectivity index (χ2v) is 5.91. The number of hydrogen-bond donors (Lipinski definition) is 2. The number of hydrogen-bond acceptors (Lipinski definition) is 6. The topological polar surface area (TPSA) is 104 Å². The van der Waals surface area contributed by atoms with Crippen LogP contribution in [0.5, 0.6) is 11.5 Å². The molecule has 0 fully saturated rings. The van der Waals surface area contributed by atoms with E-state index >= 15 is 0 Å². The van der Waals surface area contributed by atoms with Crippen molar-refractivity contribution in [2.45, 2.75) is 32.7 Å². The molecule has 0 aliphatic heterocycles. The van der Waals surface area contributed by atoms with Crippen molar-refractivity contribution in [3.63, 3.8) is 0 Å². The van der Waals surface area contributed by atoms with E-state index in [1.54, 1.807) is 0 Å². The lowest BCUT2D eigenvalue weighted by atomic mass is 10.0. The summed E-state index contributed by atoms with van der Waals surface area (Å²) in [6.45, 7) is 2.60. The molecule has 2 rings (SSSR count). The molecule has 1 aromatic heterocycles. The van der Waals surface area contributed by atoms with Gasteiger partial charge in [-0.15, -0.1) is 0 Å². The zero-order valence-electron chi connectivity index (χ0n) is 15.0. The maximum Gasteiger partial charge on any atom is 0.250 e. The van der Waals surface area contributed by atoms with Crippen LogP contribution in [0.2, 0.25) is 0 Å². The van der Waals surface area contributed by atoms with Crippen LogP contribution in [0, 0.1) is 0 Å². The zero-order chi connectivity index (χ0) is 19.1. The molecular formula is C19H24N2O5. The predicted octanol–water partition coefficient (Wildman–Crippen LogP) is 2.54. The Morgan fingerprint density at radius 3 is 2.69 bits per heavy atom. The highest BCUT2D eigenvalue weighted by molar-refractivity contribution is 6.11. The van der Waals surface area contributed by atoms with E-state index in [1.807, 2.05) is 0 Å². The van der Waals surface area contributed by atoms with Gasteiger partial charge in [-0.25, -0.2) is 0 Å². The molecule has 0 unspecified atom stereocenters. The lowest BCUT2D eigenvalue weighted by Gasteiger charge is -2.12. The van der Waals surface area contributed by atoms with Crippen LogP contribution in [0.4, 0.5) is 5.69 Å². The highest BCUT2D eigenvalue weighted by Gasteiger charge is 2.19. The first-order chi connectivity index (χ1) is 12.5. The number of rotatable bonds is 9. The van der Waals surface area contributed by atoms with E-state index in [1.165, 1.54) is 42.1 Å². The molecule has 0 radical (unpaired) electrons.